The molecule has 0 saturated carbocycles. The molecule has 0 aliphatic rings. The van der Waals surface area contributed by atoms with Gasteiger partial charge in [-0.2, -0.15) is 0 Å². The summed E-state index contributed by atoms with van der Waals surface area (Å²) in [5.74, 6) is -0.100. The van der Waals surface area contributed by atoms with Crippen molar-refractivity contribution < 1.29 is 10.2 Å². The average molecular weight is 307 g/mol. The number of aromatic hydroxyl groups is 2. The fourth-order valence-corrected chi connectivity index (χ4v) is 2.65. The molecule has 3 nitrogen and oxygen atoms in total. The Kier molecular flexibility index (Phi) is 10.6. The van der Waals surface area contributed by atoms with E-state index >= 15 is 0 Å². The third-order valence-corrected chi connectivity index (χ3v) is 4.08. The fourth-order valence-electron chi connectivity index (χ4n) is 2.65. The van der Waals surface area contributed by atoms with Gasteiger partial charge in [-0.25, -0.2) is 0 Å². The topological polar surface area (TPSA) is 52.5 Å². The Morgan fingerprint density at radius 3 is 1.95 bits per heavy atom. The van der Waals surface area contributed by atoms with Crippen LogP contribution in [0.25, 0.3) is 0 Å². The molecule has 0 atom stereocenters. The zero-order valence-corrected chi connectivity index (χ0v) is 14.1. The van der Waals surface area contributed by atoms with Gasteiger partial charge in [0.25, 0.3) is 0 Å². The molecular formula is C19H33NO2. The van der Waals surface area contributed by atoms with Crippen molar-refractivity contribution in [3.8, 4) is 11.5 Å². The second kappa shape index (κ2) is 12.3. The second-order valence-corrected chi connectivity index (χ2v) is 6.18. The highest BCUT2D eigenvalue weighted by Crippen LogP contribution is 2.24. The molecular weight excluding hydrogens is 274 g/mol. The third kappa shape index (κ3) is 8.93. The molecule has 0 heterocycles. The first-order valence-corrected chi connectivity index (χ1v) is 8.95. The number of rotatable bonds is 13. The number of hydrogen-bond acceptors (Lipinski definition) is 3. The van der Waals surface area contributed by atoms with E-state index in [1.807, 2.05) is 6.07 Å². The van der Waals surface area contributed by atoms with Crippen molar-refractivity contribution in [3.63, 3.8) is 0 Å². The number of benzene rings is 1. The smallest absolute Gasteiger partial charge is 0.157 e. The molecule has 0 aliphatic heterocycles. The number of hydrogen-bond donors (Lipinski definition) is 3. The van der Waals surface area contributed by atoms with E-state index in [0.29, 0.717) is 0 Å². The van der Waals surface area contributed by atoms with Crippen LogP contribution in [0.2, 0.25) is 0 Å². The molecule has 0 aromatic heterocycles. The lowest BCUT2D eigenvalue weighted by molar-refractivity contribution is 0.403. The highest BCUT2D eigenvalue weighted by molar-refractivity contribution is 5.40. The van der Waals surface area contributed by atoms with Gasteiger partial charge in [-0.15, -0.1) is 0 Å². The molecule has 0 radical (unpaired) electrons. The molecule has 1 aromatic rings. The van der Waals surface area contributed by atoms with E-state index < -0.39 is 0 Å². The highest BCUT2D eigenvalue weighted by atomic mass is 16.3. The molecule has 1 rings (SSSR count). The Bertz CT molecular complexity index is 393. The van der Waals surface area contributed by atoms with Crippen molar-refractivity contribution in [2.75, 3.05) is 6.54 Å². The van der Waals surface area contributed by atoms with Crippen LogP contribution in [0.15, 0.2) is 18.2 Å². The Labute approximate surface area is 135 Å². The standard InChI is InChI=1S/C19H33NO2/c1-2-3-4-5-6-7-8-9-10-11-14-20-16-17-12-13-18(21)19(22)15-17/h12-13,15,20-22H,2-11,14,16H2,1H3. The van der Waals surface area contributed by atoms with E-state index in [1.165, 1.54) is 70.3 Å². The van der Waals surface area contributed by atoms with Gasteiger partial charge < -0.3 is 15.5 Å². The third-order valence-electron chi connectivity index (χ3n) is 4.08. The Morgan fingerprint density at radius 1 is 0.773 bits per heavy atom. The van der Waals surface area contributed by atoms with Gasteiger partial charge in [-0.3, -0.25) is 0 Å². The van der Waals surface area contributed by atoms with Gasteiger partial charge >= 0.3 is 0 Å². The van der Waals surface area contributed by atoms with Crippen LogP contribution in [-0.2, 0) is 6.54 Å². The summed E-state index contributed by atoms with van der Waals surface area (Å²) in [6.45, 7) is 4.02. The van der Waals surface area contributed by atoms with Crippen LogP contribution < -0.4 is 5.32 Å². The van der Waals surface area contributed by atoms with Crippen molar-refractivity contribution in [2.24, 2.45) is 0 Å². The quantitative estimate of drug-likeness (QED) is 0.351. The lowest BCUT2D eigenvalue weighted by atomic mass is 10.1. The molecule has 0 spiro atoms. The van der Waals surface area contributed by atoms with Crippen LogP contribution in [-0.4, -0.2) is 16.8 Å². The van der Waals surface area contributed by atoms with Crippen molar-refractivity contribution in [1.29, 1.82) is 0 Å². The maximum absolute atomic E-state index is 9.41. The predicted octanol–water partition coefficient (Wildman–Crippen LogP) is 5.11. The van der Waals surface area contributed by atoms with Gasteiger partial charge in [0.2, 0.25) is 0 Å². The largest absolute Gasteiger partial charge is 0.504 e. The maximum atomic E-state index is 9.41. The van der Waals surface area contributed by atoms with Crippen molar-refractivity contribution in [2.45, 2.75) is 77.7 Å². The first-order valence-electron chi connectivity index (χ1n) is 8.95. The van der Waals surface area contributed by atoms with E-state index in [9.17, 15) is 10.2 Å². The summed E-state index contributed by atoms with van der Waals surface area (Å²) in [7, 11) is 0. The number of phenols is 2. The molecule has 1 aromatic carbocycles. The molecule has 3 heteroatoms. The van der Waals surface area contributed by atoms with Gasteiger partial charge in [-0.05, 0) is 30.7 Å². The number of nitrogens with one attached hydrogen (secondary N) is 1. The molecule has 0 bridgehead atoms. The lowest BCUT2D eigenvalue weighted by Crippen LogP contribution is -2.14. The van der Waals surface area contributed by atoms with Crippen LogP contribution in [0.1, 0.15) is 76.7 Å². The molecule has 0 amide bonds. The van der Waals surface area contributed by atoms with Crippen LogP contribution >= 0.6 is 0 Å². The summed E-state index contributed by atoms with van der Waals surface area (Å²) < 4.78 is 0. The number of phenolic OH excluding ortho intramolecular Hbond substituents is 2. The Hall–Kier alpha value is -1.22. The average Bonchev–Trinajstić information content (AvgIpc) is 2.52. The van der Waals surface area contributed by atoms with Crippen molar-refractivity contribution >= 4 is 0 Å². The first kappa shape index (κ1) is 18.8. The Morgan fingerprint density at radius 2 is 1.36 bits per heavy atom. The minimum Gasteiger partial charge on any atom is -0.504 e. The van der Waals surface area contributed by atoms with Gasteiger partial charge in [0.15, 0.2) is 11.5 Å². The van der Waals surface area contributed by atoms with E-state index in [1.54, 1.807) is 6.07 Å². The van der Waals surface area contributed by atoms with Gasteiger partial charge in [-0.1, -0.05) is 70.8 Å². The summed E-state index contributed by atoms with van der Waals surface area (Å²) >= 11 is 0. The summed E-state index contributed by atoms with van der Waals surface area (Å²) in [5.41, 5.74) is 1.00. The van der Waals surface area contributed by atoms with Crippen molar-refractivity contribution in [3.05, 3.63) is 23.8 Å². The summed E-state index contributed by atoms with van der Waals surface area (Å²) in [5, 5.41) is 22.0. The molecule has 0 fully saturated rings. The minimum absolute atomic E-state index is 0.0433. The van der Waals surface area contributed by atoms with Crippen LogP contribution in [0, 0.1) is 0 Å². The van der Waals surface area contributed by atoms with Gasteiger partial charge in [0.1, 0.15) is 0 Å². The molecule has 3 N–H and O–H groups in total. The Balaban J connectivity index is 1.88. The van der Waals surface area contributed by atoms with Crippen molar-refractivity contribution in [1.82, 2.24) is 5.32 Å². The van der Waals surface area contributed by atoms with Crippen LogP contribution in [0.3, 0.4) is 0 Å². The van der Waals surface area contributed by atoms with E-state index in [-0.39, 0.29) is 11.5 Å². The molecule has 126 valence electrons. The zero-order chi connectivity index (χ0) is 16.0. The highest BCUT2D eigenvalue weighted by Gasteiger charge is 2.00. The zero-order valence-electron chi connectivity index (χ0n) is 14.1. The van der Waals surface area contributed by atoms with E-state index in [2.05, 4.69) is 12.2 Å². The maximum Gasteiger partial charge on any atom is 0.157 e. The van der Waals surface area contributed by atoms with Gasteiger partial charge in [0, 0.05) is 6.54 Å². The summed E-state index contributed by atoms with van der Waals surface area (Å²) in [4.78, 5) is 0. The normalized spacial score (nSPS) is 11.0. The van der Waals surface area contributed by atoms with E-state index in [4.69, 9.17) is 0 Å². The van der Waals surface area contributed by atoms with Gasteiger partial charge in [0.05, 0.1) is 0 Å². The fraction of sp³-hybridized carbons (Fsp3) is 0.684. The molecule has 0 unspecified atom stereocenters. The predicted molar refractivity (Wildman–Crippen MR) is 93.3 cm³/mol. The first-order chi connectivity index (χ1) is 10.7. The summed E-state index contributed by atoms with van der Waals surface area (Å²) in [6, 6.07) is 4.98. The van der Waals surface area contributed by atoms with Crippen LogP contribution in [0.5, 0.6) is 11.5 Å². The minimum atomic E-state index is -0.0570. The molecule has 22 heavy (non-hydrogen) atoms. The second-order valence-electron chi connectivity index (χ2n) is 6.18. The lowest BCUT2D eigenvalue weighted by Gasteiger charge is -2.06. The SMILES string of the molecule is CCCCCCCCCCCCNCc1ccc(O)c(O)c1. The van der Waals surface area contributed by atoms with E-state index in [0.717, 1.165) is 18.7 Å². The monoisotopic (exact) mass is 307 g/mol. The van der Waals surface area contributed by atoms with Crippen LogP contribution in [0.4, 0.5) is 0 Å². The molecule has 0 saturated heterocycles. The summed E-state index contributed by atoms with van der Waals surface area (Å²) in [6.07, 6.45) is 13.6. The molecule has 0 aliphatic carbocycles. The number of unbranched alkanes of at least 4 members (excludes halogenated alkanes) is 9.